The fourth-order valence-electron chi connectivity index (χ4n) is 3.16. The molecule has 1 amide bonds. The molecule has 0 bridgehead atoms. The van der Waals surface area contributed by atoms with E-state index in [9.17, 15) is 4.79 Å². The number of benzene rings is 1. The molecule has 3 aromatic rings. The molecule has 2 heterocycles. The number of para-hydroxylation sites is 2. The molecule has 2 aromatic heterocycles. The highest BCUT2D eigenvalue weighted by Crippen LogP contribution is 2.29. The molecule has 0 unspecified atom stereocenters. The molecular weight excluding hydrogens is 362 g/mol. The Bertz CT molecular complexity index is 886. The first-order valence-corrected chi connectivity index (χ1v) is 10.1. The Kier molecular flexibility index (Phi) is 5.48. The van der Waals surface area contributed by atoms with Crippen molar-refractivity contribution < 1.29 is 14.1 Å². The van der Waals surface area contributed by atoms with E-state index >= 15 is 0 Å². The van der Waals surface area contributed by atoms with E-state index in [1.54, 1.807) is 11.3 Å². The molecule has 0 saturated heterocycles. The zero-order valence-corrected chi connectivity index (χ0v) is 15.7. The van der Waals surface area contributed by atoms with Gasteiger partial charge >= 0.3 is 0 Å². The summed E-state index contributed by atoms with van der Waals surface area (Å²) in [5, 5.41) is 10.8. The Morgan fingerprint density at radius 3 is 2.93 bits per heavy atom. The van der Waals surface area contributed by atoms with Crippen molar-refractivity contribution >= 4 is 22.9 Å². The molecule has 1 aromatic carbocycles. The number of nitrogens with one attached hydrogen (secondary N) is 1. The van der Waals surface area contributed by atoms with Crippen molar-refractivity contribution in [2.24, 2.45) is 0 Å². The average molecular weight is 383 g/mol. The van der Waals surface area contributed by atoms with Crippen LogP contribution >= 0.6 is 11.3 Å². The van der Waals surface area contributed by atoms with E-state index in [1.807, 2.05) is 41.1 Å². The number of ether oxygens (including phenoxy) is 1. The minimum absolute atomic E-state index is 0.104. The number of amides is 1. The Morgan fingerprint density at radius 1 is 1.26 bits per heavy atom. The number of aryl methyl sites for hydroxylation is 1. The van der Waals surface area contributed by atoms with E-state index in [4.69, 9.17) is 9.26 Å². The average Bonchev–Trinajstić information content (AvgIpc) is 3.43. The smallest absolute Gasteiger partial charge is 0.227 e. The standard InChI is InChI=1S/C20H21N3O3S/c24-18(9-10-19-22-20(23-26-19)14-11-12-27-13-14)21-16-7-3-4-8-17(16)25-15-5-1-2-6-15/h3-4,7-8,11-13,15H,1-2,5-6,9-10H2,(H,21,24). The van der Waals surface area contributed by atoms with Gasteiger partial charge in [-0.3, -0.25) is 4.79 Å². The Hall–Kier alpha value is -2.67. The maximum Gasteiger partial charge on any atom is 0.227 e. The van der Waals surface area contributed by atoms with Crippen molar-refractivity contribution in [3.63, 3.8) is 0 Å². The summed E-state index contributed by atoms with van der Waals surface area (Å²) in [6.07, 6.45) is 5.47. The number of hydrogen-bond acceptors (Lipinski definition) is 6. The molecule has 4 rings (SSSR count). The van der Waals surface area contributed by atoms with Crippen LogP contribution in [0.1, 0.15) is 38.0 Å². The highest BCUT2D eigenvalue weighted by Gasteiger charge is 2.18. The zero-order valence-electron chi connectivity index (χ0n) is 14.9. The van der Waals surface area contributed by atoms with Crippen molar-refractivity contribution in [2.45, 2.75) is 44.6 Å². The van der Waals surface area contributed by atoms with E-state index in [1.165, 1.54) is 12.8 Å². The van der Waals surface area contributed by atoms with Crippen LogP contribution in [-0.2, 0) is 11.2 Å². The van der Waals surface area contributed by atoms with Crippen molar-refractivity contribution in [2.75, 3.05) is 5.32 Å². The lowest BCUT2D eigenvalue weighted by Crippen LogP contribution is -2.16. The summed E-state index contributed by atoms with van der Waals surface area (Å²) in [4.78, 5) is 16.7. The van der Waals surface area contributed by atoms with Gasteiger partial charge < -0.3 is 14.6 Å². The molecule has 1 N–H and O–H groups in total. The van der Waals surface area contributed by atoms with Gasteiger partial charge in [0.05, 0.1) is 11.8 Å². The van der Waals surface area contributed by atoms with Gasteiger partial charge in [-0.1, -0.05) is 17.3 Å². The quantitative estimate of drug-likeness (QED) is 0.640. The first-order chi connectivity index (χ1) is 13.3. The van der Waals surface area contributed by atoms with Gasteiger partial charge in [0.15, 0.2) is 0 Å². The largest absolute Gasteiger partial charge is 0.488 e. The molecule has 7 heteroatoms. The third-order valence-electron chi connectivity index (χ3n) is 4.57. The van der Waals surface area contributed by atoms with Gasteiger partial charge in [0, 0.05) is 23.8 Å². The van der Waals surface area contributed by atoms with E-state index < -0.39 is 0 Å². The molecule has 27 heavy (non-hydrogen) atoms. The molecule has 0 spiro atoms. The summed E-state index contributed by atoms with van der Waals surface area (Å²) in [5.41, 5.74) is 1.64. The lowest BCUT2D eigenvalue weighted by molar-refractivity contribution is -0.116. The first-order valence-electron chi connectivity index (χ1n) is 9.18. The molecule has 0 atom stereocenters. The maximum absolute atomic E-state index is 12.4. The van der Waals surface area contributed by atoms with Crippen LogP contribution in [0.15, 0.2) is 45.6 Å². The van der Waals surface area contributed by atoms with Gasteiger partial charge in [-0.25, -0.2) is 0 Å². The van der Waals surface area contributed by atoms with Crippen molar-refractivity contribution in [1.82, 2.24) is 10.1 Å². The normalized spacial score (nSPS) is 14.4. The lowest BCUT2D eigenvalue weighted by Gasteiger charge is -2.16. The van der Waals surface area contributed by atoms with E-state index in [0.717, 1.165) is 24.2 Å². The van der Waals surface area contributed by atoms with Gasteiger partial charge in [0.25, 0.3) is 0 Å². The molecule has 1 aliphatic rings. The van der Waals surface area contributed by atoms with Crippen molar-refractivity contribution in [1.29, 1.82) is 0 Å². The minimum Gasteiger partial charge on any atom is -0.488 e. The number of rotatable bonds is 7. The topological polar surface area (TPSA) is 77.2 Å². The Labute approximate surface area is 161 Å². The van der Waals surface area contributed by atoms with Crippen molar-refractivity contribution in [3.05, 3.63) is 47.0 Å². The number of carbonyl (C=O) groups is 1. The number of hydrogen-bond donors (Lipinski definition) is 1. The number of thiophene rings is 1. The number of aromatic nitrogens is 2. The molecule has 1 saturated carbocycles. The van der Waals surface area contributed by atoms with E-state index in [0.29, 0.717) is 23.8 Å². The van der Waals surface area contributed by atoms with Gasteiger partial charge in [0.2, 0.25) is 17.6 Å². The van der Waals surface area contributed by atoms with Crippen LogP contribution in [0.25, 0.3) is 11.4 Å². The van der Waals surface area contributed by atoms with Crippen LogP contribution in [0.2, 0.25) is 0 Å². The Balaban J connectivity index is 1.33. The SMILES string of the molecule is O=C(CCc1nc(-c2ccsc2)no1)Nc1ccccc1OC1CCCC1. The number of anilines is 1. The summed E-state index contributed by atoms with van der Waals surface area (Å²) in [5.74, 6) is 1.65. The molecule has 0 aliphatic heterocycles. The molecule has 140 valence electrons. The second-order valence-corrected chi connectivity index (χ2v) is 7.37. The molecular formula is C20H21N3O3S. The third-order valence-corrected chi connectivity index (χ3v) is 5.25. The van der Waals surface area contributed by atoms with Crippen LogP contribution < -0.4 is 10.1 Å². The number of nitrogens with zero attached hydrogens (tertiary/aromatic N) is 2. The minimum atomic E-state index is -0.104. The number of carbonyl (C=O) groups excluding carboxylic acids is 1. The van der Waals surface area contributed by atoms with Crippen LogP contribution in [0.5, 0.6) is 5.75 Å². The lowest BCUT2D eigenvalue weighted by atomic mass is 10.2. The fraction of sp³-hybridized carbons (Fsp3) is 0.350. The van der Waals surface area contributed by atoms with E-state index in [2.05, 4.69) is 15.5 Å². The van der Waals surface area contributed by atoms with Crippen LogP contribution in [0, 0.1) is 0 Å². The second-order valence-electron chi connectivity index (χ2n) is 6.59. The summed E-state index contributed by atoms with van der Waals surface area (Å²) >= 11 is 1.58. The van der Waals surface area contributed by atoms with Gasteiger partial charge in [-0.2, -0.15) is 16.3 Å². The third kappa shape index (κ3) is 4.54. The van der Waals surface area contributed by atoms with Crippen LogP contribution in [0.3, 0.4) is 0 Å². The molecule has 6 nitrogen and oxygen atoms in total. The summed E-state index contributed by atoms with van der Waals surface area (Å²) < 4.78 is 11.3. The molecule has 0 radical (unpaired) electrons. The van der Waals surface area contributed by atoms with Crippen LogP contribution in [-0.4, -0.2) is 22.2 Å². The zero-order chi connectivity index (χ0) is 18.5. The highest BCUT2D eigenvalue weighted by molar-refractivity contribution is 7.08. The summed E-state index contributed by atoms with van der Waals surface area (Å²) in [6.45, 7) is 0. The van der Waals surface area contributed by atoms with E-state index in [-0.39, 0.29) is 18.4 Å². The summed E-state index contributed by atoms with van der Waals surface area (Å²) in [7, 11) is 0. The summed E-state index contributed by atoms with van der Waals surface area (Å²) in [6, 6.07) is 9.52. The van der Waals surface area contributed by atoms with Crippen LogP contribution in [0.4, 0.5) is 5.69 Å². The predicted octanol–water partition coefficient (Wildman–Crippen LogP) is 4.69. The highest BCUT2D eigenvalue weighted by atomic mass is 32.1. The van der Waals surface area contributed by atoms with Gasteiger partial charge in [-0.05, 0) is 49.3 Å². The van der Waals surface area contributed by atoms with Gasteiger partial charge in [0.1, 0.15) is 5.75 Å². The predicted molar refractivity (Wildman–Crippen MR) is 104 cm³/mol. The molecule has 1 aliphatic carbocycles. The molecule has 1 fully saturated rings. The van der Waals surface area contributed by atoms with Crippen molar-refractivity contribution in [3.8, 4) is 17.1 Å². The second kappa shape index (κ2) is 8.35. The Morgan fingerprint density at radius 2 is 2.11 bits per heavy atom. The first kappa shape index (κ1) is 17.7. The fourth-order valence-corrected chi connectivity index (χ4v) is 3.79. The van der Waals surface area contributed by atoms with Gasteiger partial charge in [-0.15, -0.1) is 0 Å². The maximum atomic E-state index is 12.4. The monoisotopic (exact) mass is 383 g/mol.